The largest absolute Gasteiger partial charge is 0.497 e. The molecule has 1 aromatic heterocycles. The molecule has 0 amide bonds. The van der Waals surface area contributed by atoms with Crippen molar-refractivity contribution in [3.05, 3.63) is 53.9 Å². The predicted octanol–water partition coefficient (Wildman–Crippen LogP) is 2.79. The molecule has 28 heavy (non-hydrogen) atoms. The molecule has 0 saturated carbocycles. The molecule has 8 nitrogen and oxygen atoms in total. The lowest BCUT2D eigenvalue weighted by Gasteiger charge is -2.12. The first-order valence-electron chi connectivity index (χ1n) is 8.67. The maximum atomic E-state index is 12.6. The van der Waals surface area contributed by atoms with E-state index < -0.39 is 22.0 Å². The van der Waals surface area contributed by atoms with E-state index in [1.54, 1.807) is 39.2 Å². The molecule has 3 rings (SSSR count). The summed E-state index contributed by atoms with van der Waals surface area (Å²) in [6.45, 7) is 3.65. The summed E-state index contributed by atoms with van der Waals surface area (Å²) >= 11 is 0. The third-order valence-electron chi connectivity index (χ3n) is 4.13. The number of nitrogens with zero attached hydrogens (tertiary/aromatic N) is 1. The van der Waals surface area contributed by atoms with Gasteiger partial charge in [-0.2, -0.15) is 0 Å². The Morgan fingerprint density at radius 1 is 1.21 bits per heavy atom. The highest BCUT2D eigenvalue weighted by Gasteiger charge is 2.21. The van der Waals surface area contributed by atoms with Gasteiger partial charge in [0.1, 0.15) is 11.6 Å². The van der Waals surface area contributed by atoms with E-state index in [4.69, 9.17) is 9.47 Å². The lowest BCUT2D eigenvalue weighted by Crippen LogP contribution is -2.27. The van der Waals surface area contributed by atoms with Crippen LogP contribution in [0.5, 0.6) is 5.75 Å². The van der Waals surface area contributed by atoms with Gasteiger partial charge in [-0.05, 0) is 50.2 Å². The van der Waals surface area contributed by atoms with Crippen LogP contribution in [-0.4, -0.2) is 38.1 Å². The molecule has 1 heterocycles. The van der Waals surface area contributed by atoms with Crippen molar-refractivity contribution < 1.29 is 22.7 Å². The van der Waals surface area contributed by atoms with Gasteiger partial charge in [-0.25, -0.2) is 22.9 Å². The van der Waals surface area contributed by atoms with Crippen molar-refractivity contribution in [2.75, 3.05) is 13.7 Å². The standard InChI is InChI=1S/C19H21N3O5S/c1-4-27-19(23)13-5-8-15(9-6-13)28(24,25)22-12(2)18-20-16-10-7-14(26-3)11-17(16)21-18/h5-12,22H,4H2,1-3H3,(H,20,21). The lowest BCUT2D eigenvalue weighted by molar-refractivity contribution is 0.0526. The second-order valence-corrected chi connectivity index (χ2v) is 7.81. The number of carbonyl (C=O) groups is 1. The number of nitrogens with one attached hydrogen (secondary N) is 2. The first-order valence-corrected chi connectivity index (χ1v) is 10.2. The van der Waals surface area contributed by atoms with E-state index in [0.717, 1.165) is 5.52 Å². The maximum Gasteiger partial charge on any atom is 0.338 e. The number of aromatic nitrogens is 2. The number of methoxy groups -OCH3 is 1. The summed E-state index contributed by atoms with van der Waals surface area (Å²) in [5, 5.41) is 0. The number of hydrogen-bond donors (Lipinski definition) is 2. The Morgan fingerprint density at radius 2 is 1.93 bits per heavy atom. The number of H-pyrrole nitrogens is 1. The Morgan fingerprint density at radius 3 is 2.57 bits per heavy atom. The zero-order valence-electron chi connectivity index (χ0n) is 15.7. The second kappa shape index (κ2) is 7.99. The minimum Gasteiger partial charge on any atom is -0.497 e. The molecule has 1 unspecified atom stereocenters. The van der Waals surface area contributed by atoms with Crippen LogP contribution in [0.15, 0.2) is 47.4 Å². The Balaban J connectivity index is 1.78. The quantitative estimate of drug-likeness (QED) is 0.587. The summed E-state index contributed by atoms with van der Waals surface area (Å²) in [6, 6.07) is 10.4. The highest BCUT2D eigenvalue weighted by atomic mass is 32.2. The van der Waals surface area contributed by atoms with Crippen LogP contribution < -0.4 is 9.46 Å². The van der Waals surface area contributed by atoms with Crippen LogP contribution in [0.3, 0.4) is 0 Å². The van der Waals surface area contributed by atoms with Crippen molar-refractivity contribution in [2.45, 2.75) is 24.8 Å². The zero-order valence-corrected chi connectivity index (χ0v) is 16.5. The Bertz CT molecular complexity index is 1090. The number of rotatable bonds is 7. The monoisotopic (exact) mass is 403 g/mol. The molecule has 0 spiro atoms. The summed E-state index contributed by atoms with van der Waals surface area (Å²) < 4.78 is 38.0. The third-order valence-corrected chi connectivity index (χ3v) is 5.68. The fourth-order valence-corrected chi connectivity index (χ4v) is 3.89. The molecule has 0 aliphatic heterocycles. The van der Waals surface area contributed by atoms with Crippen LogP contribution in [0, 0.1) is 0 Å². The van der Waals surface area contributed by atoms with Crippen LogP contribution in [0.25, 0.3) is 11.0 Å². The highest BCUT2D eigenvalue weighted by Crippen LogP contribution is 2.22. The maximum absolute atomic E-state index is 12.6. The molecule has 0 aliphatic rings. The minimum atomic E-state index is -3.80. The van der Waals surface area contributed by atoms with E-state index in [2.05, 4.69) is 14.7 Å². The highest BCUT2D eigenvalue weighted by molar-refractivity contribution is 7.89. The molecule has 0 fully saturated rings. The number of esters is 1. The van der Waals surface area contributed by atoms with E-state index in [9.17, 15) is 13.2 Å². The molecular weight excluding hydrogens is 382 g/mol. The predicted molar refractivity (Wildman–Crippen MR) is 104 cm³/mol. The van der Waals surface area contributed by atoms with Crippen molar-refractivity contribution in [1.82, 2.24) is 14.7 Å². The van der Waals surface area contributed by atoms with Crippen molar-refractivity contribution in [2.24, 2.45) is 0 Å². The number of hydrogen-bond acceptors (Lipinski definition) is 6. The van der Waals surface area contributed by atoms with Crippen LogP contribution in [0.2, 0.25) is 0 Å². The Labute approximate surface area is 162 Å². The Kier molecular flexibility index (Phi) is 5.66. The van der Waals surface area contributed by atoms with Crippen LogP contribution in [0.4, 0.5) is 0 Å². The van der Waals surface area contributed by atoms with Gasteiger partial charge in [-0.15, -0.1) is 0 Å². The van der Waals surface area contributed by atoms with Gasteiger partial charge in [0.05, 0.1) is 41.3 Å². The molecule has 2 N–H and O–H groups in total. The van der Waals surface area contributed by atoms with E-state index in [0.29, 0.717) is 22.7 Å². The molecule has 0 aliphatic carbocycles. The summed E-state index contributed by atoms with van der Waals surface area (Å²) in [4.78, 5) is 19.3. The SMILES string of the molecule is CCOC(=O)c1ccc(S(=O)(=O)NC(C)c2nc3ccc(OC)cc3[nH]2)cc1. The molecule has 2 aromatic carbocycles. The van der Waals surface area contributed by atoms with Gasteiger partial charge in [0.2, 0.25) is 10.0 Å². The van der Waals surface area contributed by atoms with Crippen molar-refractivity contribution in [3.8, 4) is 5.75 Å². The van der Waals surface area contributed by atoms with Gasteiger partial charge in [-0.3, -0.25) is 0 Å². The van der Waals surface area contributed by atoms with Crippen molar-refractivity contribution in [1.29, 1.82) is 0 Å². The van der Waals surface area contributed by atoms with Crippen molar-refractivity contribution in [3.63, 3.8) is 0 Å². The molecule has 1 atom stereocenters. The Hall–Kier alpha value is -2.91. The number of aromatic amines is 1. The average Bonchev–Trinajstić information content (AvgIpc) is 3.11. The van der Waals surface area contributed by atoms with E-state index in [-0.39, 0.29) is 11.5 Å². The topological polar surface area (TPSA) is 110 Å². The number of ether oxygens (including phenoxy) is 2. The summed E-state index contributed by atoms with van der Waals surface area (Å²) in [5.41, 5.74) is 1.75. The number of sulfonamides is 1. The normalized spacial score (nSPS) is 12.7. The molecule has 0 saturated heterocycles. The first kappa shape index (κ1) is 19.8. The number of carbonyl (C=O) groups excluding carboxylic acids is 1. The average molecular weight is 403 g/mol. The van der Waals surface area contributed by atoms with Crippen LogP contribution >= 0.6 is 0 Å². The van der Waals surface area contributed by atoms with Gasteiger partial charge >= 0.3 is 5.97 Å². The smallest absolute Gasteiger partial charge is 0.338 e. The number of imidazole rings is 1. The van der Waals surface area contributed by atoms with E-state index in [1.807, 2.05) is 0 Å². The van der Waals surface area contributed by atoms with E-state index >= 15 is 0 Å². The summed E-state index contributed by atoms with van der Waals surface area (Å²) in [5.74, 6) is 0.665. The van der Waals surface area contributed by atoms with Gasteiger partial charge in [-0.1, -0.05) is 0 Å². The minimum absolute atomic E-state index is 0.0465. The number of fused-ring (bicyclic) bond motifs is 1. The lowest BCUT2D eigenvalue weighted by atomic mass is 10.2. The molecule has 148 valence electrons. The molecule has 0 bridgehead atoms. The van der Waals surface area contributed by atoms with Gasteiger partial charge < -0.3 is 14.5 Å². The molecule has 0 radical (unpaired) electrons. The summed E-state index contributed by atoms with van der Waals surface area (Å²) in [7, 11) is -2.23. The second-order valence-electron chi connectivity index (χ2n) is 6.09. The van der Waals surface area contributed by atoms with Crippen LogP contribution in [-0.2, 0) is 14.8 Å². The molecule has 9 heteroatoms. The first-order chi connectivity index (χ1) is 13.3. The van der Waals surface area contributed by atoms with Crippen molar-refractivity contribution >= 4 is 27.0 Å². The summed E-state index contributed by atoms with van der Waals surface area (Å²) in [6.07, 6.45) is 0. The van der Waals surface area contributed by atoms with Crippen LogP contribution in [0.1, 0.15) is 36.1 Å². The molecular formula is C19H21N3O5S. The fraction of sp³-hybridized carbons (Fsp3) is 0.263. The van der Waals surface area contributed by atoms with Gasteiger partial charge in [0.15, 0.2) is 0 Å². The van der Waals surface area contributed by atoms with Gasteiger partial charge in [0.25, 0.3) is 0 Å². The van der Waals surface area contributed by atoms with E-state index in [1.165, 1.54) is 24.3 Å². The number of benzene rings is 2. The fourth-order valence-electron chi connectivity index (χ4n) is 2.68. The molecule has 3 aromatic rings. The third kappa shape index (κ3) is 4.15. The van der Waals surface area contributed by atoms with Gasteiger partial charge in [0, 0.05) is 6.07 Å². The zero-order chi connectivity index (χ0) is 20.3.